The number of rotatable bonds is 12. The molecule has 0 aliphatic heterocycles. The normalized spacial score (nSPS) is 12.5. The lowest BCUT2D eigenvalue weighted by Crippen LogP contribution is -2.29. The zero-order valence-corrected chi connectivity index (χ0v) is 14.0. The summed E-state index contributed by atoms with van der Waals surface area (Å²) in [5.74, 6) is -2.92. The Hall–Kier alpha value is -1.58. The molecular weight excluding hydrogens is 280 g/mol. The molecule has 0 heterocycles. The van der Waals surface area contributed by atoms with Gasteiger partial charge in [-0.25, -0.2) is 0 Å². The van der Waals surface area contributed by atoms with Gasteiger partial charge < -0.3 is 19.8 Å². The lowest BCUT2D eigenvalue weighted by molar-refractivity contribution is -0.311. The van der Waals surface area contributed by atoms with E-state index in [1.54, 1.807) is 0 Å². The van der Waals surface area contributed by atoms with Crippen LogP contribution in [0.3, 0.4) is 0 Å². The maximum absolute atomic E-state index is 10.4. The van der Waals surface area contributed by atoms with Crippen molar-refractivity contribution in [3.8, 4) is 0 Å². The Balaban J connectivity index is 0. The zero-order valence-electron chi connectivity index (χ0n) is 14.0. The first-order valence-electron chi connectivity index (χ1n) is 8.11. The van der Waals surface area contributed by atoms with Crippen LogP contribution in [-0.2, 0) is 9.59 Å². The third-order valence-corrected chi connectivity index (χ3v) is 3.41. The lowest BCUT2D eigenvalue weighted by atomic mass is 10.0. The molecule has 128 valence electrons. The van der Waals surface area contributed by atoms with Gasteiger partial charge in [-0.3, -0.25) is 0 Å². The van der Waals surface area contributed by atoms with Gasteiger partial charge in [0.05, 0.1) is 0 Å². The number of carbonyl (C=O) groups excluding carboxylic acids is 2. The van der Waals surface area contributed by atoms with Crippen LogP contribution < -0.4 is 10.2 Å². The second-order valence-corrected chi connectivity index (χ2v) is 5.31. The molecule has 0 amide bonds. The predicted octanol–water partition coefficient (Wildman–Crippen LogP) is 2.24. The van der Waals surface area contributed by atoms with E-state index in [1.807, 2.05) is 6.92 Å². The van der Waals surface area contributed by atoms with Crippen molar-refractivity contribution in [3.05, 3.63) is 25.3 Å². The first-order chi connectivity index (χ1) is 10.4. The van der Waals surface area contributed by atoms with Crippen LogP contribution in [0.1, 0.15) is 65.2 Å². The number of hydrogen-bond acceptors (Lipinski definition) is 4. The molecule has 0 aromatic carbocycles. The number of carboxylic acids is 2. The molecule has 0 aliphatic rings. The van der Waals surface area contributed by atoms with Gasteiger partial charge in [-0.15, -0.1) is 13.2 Å². The number of unbranched alkanes of at least 4 members (excludes halogenated alkanes) is 4. The summed E-state index contributed by atoms with van der Waals surface area (Å²) >= 11 is 0. The number of carbonyl (C=O) groups is 2. The molecule has 2 unspecified atom stereocenters. The van der Waals surface area contributed by atoms with Crippen LogP contribution in [0.4, 0.5) is 0 Å². The molecule has 0 bridgehead atoms. The molecule has 0 spiro atoms. The molecule has 0 rings (SSSR count). The summed E-state index contributed by atoms with van der Waals surface area (Å²) in [4.78, 5) is 20.7. The van der Waals surface area contributed by atoms with Crippen LogP contribution in [0.15, 0.2) is 25.3 Å². The summed E-state index contributed by atoms with van der Waals surface area (Å²) in [6.45, 7) is 11.0. The largest absolute Gasteiger partial charge is 0.550 e. The van der Waals surface area contributed by atoms with Crippen molar-refractivity contribution in [1.82, 2.24) is 0 Å². The predicted molar refractivity (Wildman–Crippen MR) is 85.7 cm³/mol. The van der Waals surface area contributed by atoms with E-state index in [2.05, 4.69) is 20.1 Å². The fraction of sp³-hybridized carbons (Fsp3) is 0.667. The summed E-state index contributed by atoms with van der Waals surface area (Å²) in [7, 11) is 0. The van der Waals surface area contributed by atoms with Gasteiger partial charge in [0.2, 0.25) is 0 Å². The third kappa shape index (κ3) is 13.4. The monoisotopic (exact) mass is 310 g/mol. The molecule has 0 aromatic heterocycles. The van der Waals surface area contributed by atoms with Crippen LogP contribution in [0.25, 0.3) is 0 Å². The molecule has 0 saturated heterocycles. The van der Waals surface area contributed by atoms with Crippen LogP contribution in [0, 0.1) is 11.8 Å². The van der Waals surface area contributed by atoms with Crippen molar-refractivity contribution in [2.24, 2.45) is 11.8 Å². The fourth-order valence-electron chi connectivity index (χ4n) is 1.88. The van der Waals surface area contributed by atoms with Crippen molar-refractivity contribution in [2.75, 3.05) is 0 Å². The second-order valence-electron chi connectivity index (χ2n) is 5.31. The molecule has 2 atom stereocenters. The van der Waals surface area contributed by atoms with E-state index >= 15 is 0 Å². The number of aliphatic carboxylic acids is 2. The summed E-state index contributed by atoms with van der Waals surface area (Å²) in [5.41, 5.74) is 0. The van der Waals surface area contributed by atoms with Crippen molar-refractivity contribution >= 4 is 11.9 Å². The average Bonchev–Trinajstić information content (AvgIpc) is 2.48. The summed E-state index contributed by atoms with van der Waals surface area (Å²) in [6.07, 6.45) is 10.6. The molecule has 0 aromatic rings. The molecule has 0 fully saturated rings. The minimum absolute atomic E-state index is 0.457. The molecular formula is C18H30O4-2. The fourth-order valence-corrected chi connectivity index (χ4v) is 1.88. The highest BCUT2D eigenvalue weighted by Crippen LogP contribution is 2.11. The molecule has 4 nitrogen and oxygen atoms in total. The Labute approximate surface area is 134 Å². The maximum atomic E-state index is 10.4. The standard InChI is InChI=1S/C10H18O2.C8H14O2/c1-3-5-6-7-8-9(4-2)10(11)12;1-3-5-6-7(4-2)8(9)10/h4,9H,2-3,5-8H2,1H3,(H,11,12);4,7H,2-3,5-6H2,1H3,(H,9,10)/p-2. The SMILES string of the molecule is C=CC(CCCC)C(=O)[O-].C=CC(CCCCCC)C(=O)[O-]. The minimum Gasteiger partial charge on any atom is -0.550 e. The smallest absolute Gasteiger partial charge is 0.0482 e. The van der Waals surface area contributed by atoms with Gasteiger partial charge in [-0.05, 0) is 12.8 Å². The van der Waals surface area contributed by atoms with E-state index in [1.165, 1.54) is 25.0 Å². The van der Waals surface area contributed by atoms with E-state index in [4.69, 9.17) is 0 Å². The number of hydrogen-bond donors (Lipinski definition) is 0. The van der Waals surface area contributed by atoms with Crippen LogP contribution in [0.2, 0.25) is 0 Å². The van der Waals surface area contributed by atoms with Gasteiger partial charge in [0.15, 0.2) is 0 Å². The van der Waals surface area contributed by atoms with Gasteiger partial charge in [0, 0.05) is 23.8 Å². The van der Waals surface area contributed by atoms with Gasteiger partial charge in [0.25, 0.3) is 0 Å². The van der Waals surface area contributed by atoms with E-state index in [0.717, 1.165) is 25.7 Å². The topological polar surface area (TPSA) is 80.3 Å². The van der Waals surface area contributed by atoms with Crippen molar-refractivity contribution in [2.45, 2.75) is 65.2 Å². The highest BCUT2D eigenvalue weighted by atomic mass is 16.4. The molecule has 22 heavy (non-hydrogen) atoms. The Bertz CT molecular complexity index is 323. The quantitative estimate of drug-likeness (QED) is 0.409. The highest BCUT2D eigenvalue weighted by Gasteiger charge is 2.03. The molecule has 0 N–H and O–H groups in total. The van der Waals surface area contributed by atoms with Gasteiger partial charge in [-0.2, -0.15) is 0 Å². The maximum Gasteiger partial charge on any atom is 0.0482 e. The summed E-state index contributed by atoms with van der Waals surface area (Å²) in [6, 6.07) is 0. The van der Waals surface area contributed by atoms with E-state index < -0.39 is 23.8 Å². The average molecular weight is 310 g/mol. The Kier molecular flexibility index (Phi) is 16.3. The van der Waals surface area contributed by atoms with Crippen molar-refractivity contribution in [1.29, 1.82) is 0 Å². The molecule has 0 aliphatic carbocycles. The van der Waals surface area contributed by atoms with Crippen molar-refractivity contribution < 1.29 is 19.8 Å². The van der Waals surface area contributed by atoms with Gasteiger partial charge >= 0.3 is 0 Å². The van der Waals surface area contributed by atoms with Crippen LogP contribution in [0.5, 0.6) is 0 Å². The molecule has 0 radical (unpaired) electrons. The lowest BCUT2D eigenvalue weighted by Gasteiger charge is -2.12. The van der Waals surface area contributed by atoms with E-state index in [-0.39, 0.29) is 0 Å². The van der Waals surface area contributed by atoms with Crippen LogP contribution in [-0.4, -0.2) is 11.9 Å². The third-order valence-electron chi connectivity index (χ3n) is 3.41. The minimum atomic E-state index is -1.01. The molecule has 0 saturated carbocycles. The van der Waals surface area contributed by atoms with E-state index in [9.17, 15) is 19.8 Å². The van der Waals surface area contributed by atoms with E-state index in [0.29, 0.717) is 12.8 Å². The Morgan fingerprint density at radius 3 is 1.55 bits per heavy atom. The first-order valence-corrected chi connectivity index (χ1v) is 8.11. The second kappa shape index (κ2) is 15.8. The first kappa shape index (κ1) is 22.7. The highest BCUT2D eigenvalue weighted by molar-refractivity contribution is 5.69. The van der Waals surface area contributed by atoms with Crippen molar-refractivity contribution in [3.63, 3.8) is 0 Å². The zero-order chi connectivity index (χ0) is 17.4. The summed E-state index contributed by atoms with van der Waals surface area (Å²) in [5, 5.41) is 20.7. The van der Waals surface area contributed by atoms with Crippen LogP contribution >= 0.6 is 0 Å². The Morgan fingerprint density at radius 2 is 1.23 bits per heavy atom. The Morgan fingerprint density at radius 1 is 0.818 bits per heavy atom. The molecule has 4 heteroatoms. The van der Waals surface area contributed by atoms with Gasteiger partial charge in [0.1, 0.15) is 0 Å². The van der Waals surface area contributed by atoms with Gasteiger partial charge in [-0.1, -0.05) is 64.5 Å². The summed E-state index contributed by atoms with van der Waals surface area (Å²) < 4.78 is 0. The number of carboxylic acid groups (broad SMARTS) is 2.